The Balaban J connectivity index is 3.63. The SMILES string of the molecule is CCOC(=O)C(NC(=O)c1ccccc1)(C(F)(F)F)P(=O)(OCC)OCC. The number of nitrogens with one attached hydrogen (secondary N) is 1. The average molecular weight is 411 g/mol. The Morgan fingerprint density at radius 2 is 1.52 bits per heavy atom. The molecular formula is C16H21F3NO6P. The van der Waals surface area contributed by atoms with E-state index in [0.717, 1.165) is 0 Å². The van der Waals surface area contributed by atoms with Crippen molar-refractivity contribution >= 4 is 19.5 Å². The summed E-state index contributed by atoms with van der Waals surface area (Å²) in [4.78, 5) is 24.8. The van der Waals surface area contributed by atoms with E-state index in [2.05, 4.69) is 4.74 Å². The number of rotatable bonds is 9. The highest BCUT2D eigenvalue weighted by Gasteiger charge is 2.75. The normalized spacial score (nSPS) is 14.3. The van der Waals surface area contributed by atoms with Crippen LogP contribution in [0.2, 0.25) is 0 Å². The minimum Gasteiger partial charge on any atom is -0.463 e. The molecule has 1 unspecified atom stereocenters. The van der Waals surface area contributed by atoms with Gasteiger partial charge in [0, 0.05) is 5.56 Å². The van der Waals surface area contributed by atoms with Crippen LogP contribution < -0.4 is 5.32 Å². The van der Waals surface area contributed by atoms with Gasteiger partial charge in [0.05, 0.1) is 19.8 Å². The van der Waals surface area contributed by atoms with Crippen LogP contribution in [0.25, 0.3) is 0 Å². The minimum absolute atomic E-state index is 0.185. The Labute approximate surface area is 154 Å². The van der Waals surface area contributed by atoms with Gasteiger partial charge in [-0.1, -0.05) is 18.2 Å². The van der Waals surface area contributed by atoms with Gasteiger partial charge in [0.25, 0.3) is 5.91 Å². The zero-order valence-corrected chi connectivity index (χ0v) is 15.9. The van der Waals surface area contributed by atoms with E-state index in [9.17, 15) is 27.3 Å². The third kappa shape index (κ3) is 4.69. The second-order valence-corrected chi connectivity index (χ2v) is 7.26. The zero-order chi connectivity index (χ0) is 20.7. The van der Waals surface area contributed by atoms with Crippen LogP contribution in [0, 0.1) is 0 Å². The van der Waals surface area contributed by atoms with Gasteiger partial charge in [0.1, 0.15) is 0 Å². The Kier molecular flexibility index (Phi) is 8.01. The first-order chi connectivity index (χ1) is 12.6. The molecule has 1 N–H and O–H groups in total. The number of amides is 1. The first kappa shape index (κ1) is 23.1. The zero-order valence-electron chi connectivity index (χ0n) is 15.0. The van der Waals surface area contributed by atoms with Gasteiger partial charge in [0.15, 0.2) is 0 Å². The maximum Gasteiger partial charge on any atom is 0.434 e. The lowest BCUT2D eigenvalue weighted by Gasteiger charge is -2.38. The number of esters is 1. The van der Waals surface area contributed by atoms with Crippen LogP contribution in [0.1, 0.15) is 31.1 Å². The molecule has 1 aromatic rings. The predicted octanol–water partition coefficient (Wildman–Crippen LogP) is 3.50. The molecule has 0 aliphatic rings. The predicted molar refractivity (Wildman–Crippen MR) is 90.2 cm³/mol. The Morgan fingerprint density at radius 3 is 1.93 bits per heavy atom. The van der Waals surface area contributed by atoms with E-state index >= 15 is 0 Å². The van der Waals surface area contributed by atoms with Crippen molar-refractivity contribution in [2.24, 2.45) is 0 Å². The second kappa shape index (κ2) is 9.34. The summed E-state index contributed by atoms with van der Waals surface area (Å²) in [7, 11) is -5.27. The van der Waals surface area contributed by atoms with Crippen LogP contribution in [-0.2, 0) is 23.1 Å². The molecule has 0 aliphatic heterocycles. The molecule has 0 aliphatic carbocycles. The number of alkyl halides is 3. The molecule has 0 bridgehead atoms. The Bertz CT molecular complexity index is 687. The van der Waals surface area contributed by atoms with Crippen molar-refractivity contribution in [3.05, 3.63) is 35.9 Å². The summed E-state index contributed by atoms with van der Waals surface area (Å²) in [6, 6.07) is 6.84. The highest BCUT2D eigenvalue weighted by Crippen LogP contribution is 2.64. The fourth-order valence-electron chi connectivity index (χ4n) is 2.21. The quantitative estimate of drug-likeness (QED) is 0.494. The van der Waals surface area contributed by atoms with Crippen LogP contribution in [0.4, 0.5) is 13.2 Å². The summed E-state index contributed by atoms with van der Waals surface area (Å²) in [6.07, 6.45) is -5.54. The van der Waals surface area contributed by atoms with Crippen molar-refractivity contribution in [2.75, 3.05) is 19.8 Å². The number of carbonyl (C=O) groups is 2. The van der Waals surface area contributed by atoms with Crippen molar-refractivity contribution < 1.29 is 41.1 Å². The van der Waals surface area contributed by atoms with E-state index < -0.39 is 50.7 Å². The molecule has 1 aromatic carbocycles. The van der Waals surface area contributed by atoms with Gasteiger partial charge in [-0.05, 0) is 32.9 Å². The molecular weight excluding hydrogens is 390 g/mol. The Hall–Kier alpha value is -1.90. The van der Waals surface area contributed by atoms with Crippen molar-refractivity contribution in [1.29, 1.82) is 0 Å². The molecule has 1 rings (SSSR count). The molecule has 0 saturated carbocycles. The molecule has 11 heteroatoms. The molecule has 0 spiro atoms. The summed E-state index contributed by atoms with van der Waals surface area (Å²) in [5, 5.41) is -2.49. The lowest BCUT2D eigenvalue weighted by atomic mass is 10.2. The van der Waals surface area contributed by atoms with Gasteiger partial charge >= 0.3 is 25.0 Å². The minimum atomic E-state index is -5.54. The summed E-state index contributed by atoms with van der Waals surface area (Å²) in [5.41, 5.74) is -0.185. The van der Waals surface area contributed by atoms with E-state index in [1.54, 1.807) is 6.07 Å². The lowest BCUT2D eigenvalue weighted by molar-refractivity contribution is -0.196. The number of hydrogen-bond acceptors (Lipinski definition) is 6. The Morgan fingerprint density at radius 1 is 1.00 bits per heavy atom. The topological polar surface area (TPSA) is 90.9 Å². The van der Waals surface area contributed by atoms with E-state index in [-0.39, 0.29) is 5.56 Å². The van der Waals surface area contributed by atoms with E-state index in [1.165, 1.54) is 50.4 Å². The highest BCUT2D eigenvalue weighted by molar-refractivity contribution is 7.57. The summed E-state index contributed by atoms with van der Waals surface area (Å²) in [5.74, 6) is -3.27. The number of hydrogen-bond donors (Lipinski definition) is 1. The maximum absolute atomic E-state index is 14.1. The lowest BCUT2D eigenvalue weighted by Crippen LogP contribution is -2.64. The molecule has 152 valence electrons. The fraction of sp³-hybridized carbons (Fsp3) is 0.500. The number of carbonyl (C=O) groups excluding carboxylic acids is 2. The van der Waals surface area contributed by atoms with Crippen molar-refractivity contribution in [3.8, 4) is 0 Å². The molecule has 0 radical (unpaired) electrons. The van der Waals surface area contributed by atoms with Crippen molar-refractivity contribution in [1.82, 2.24) is 5.32 Å². The molecule has 1 amide bonds. The second-order valence-electron chi connectivity index (χ2n) is 5.08. The summed E-state index contributed by atoms with van der Waals surface area (Å²) in [6.45, 7) is 2.44. The monoisotopic (exact) mass is 411 g/mol. The van der Waals surface area contributed by atoms with Crippen LogP contribution >= 0.6 is 7.60 Å². The average Bonchev–Trinajstić information content (AvgIpc) is 2.59. The molecule has 0 heterocycles. The van der Waals surface area contributed by atoms with Gasteiger partial charge in [-0.15, -0.1) is 0 Å². The molecule has 7 nitrogen and oxygen atoms in total. The molecule has 27 heavy (non-hydrogen) atoms. The highest BCUT2D eigenvalue weighted by atomic mass is 31.2. The molecule has 1 atom stereocenters. The summed E-state index contributed by atoms with van der Waals surface area (Å²) >= 11 is 0. The van der Waals surface area contributed by atoms with E-state index in [1.807, 2.05) is 0 Å². The maximum atomic E-state index is 14.1. The van der Waals surface area contributed by atoms with Gasteiger partial charge in [-0.25, -0.2) is 4.79 Å². The molecule has 0 aromatic heterocycles. The molecule has 0 saturated heterocycles. The number of benzene rings is 1. The van der Waals surface area contributed by atoms with Crippen LogP contribution in [0.3, 0.4) is 0 Å². The van der Waals surface area contributed by atoms with Crippen LogP contribution in [0.5, 0.6) is 0 Å². The number of halogens is 3. The van der Waals surface area contributed by atoms with Gasteiger partial charge in [-0.2, -0.15) is 13.2 Å². The summed E-state index contributed by atoms with van der Waals surface area (Å²) < 4.78 is 69.5. The van der Waals surface area contributed by atoms with Crippen molar-refractivity contribution in [3.63, 3.8) is 0 Å². The van der Waals surface area contributed by atoms with E-state index in [0.29, 0.717) is 0 Å². The fourth-order valence-corrected chi connectivity index (χ4v) is 4.18. The van der Waals surface area contributed by atoms with Gasteiger partial charge in [0.2, 0.25) is 0 Å². The standard InChI is InChI=1S/C16H21F3NO6P/c1-4-24-14(22)15(16(17,18)19,27(23,25-5-2)26-6-3)20-13(21)12-10-8-7-9-11-12/h7-11H,4-6H2,1-3H3,(H,20,21). The van der Waals surface area contributed by atoms with Crippen molar-refractivity contribution in [2.45, 2.75) is 32.2 Å². The first-order valence-electron chi connectivity index (χ1n) is 8.10. The third-order valence-electron chi connectivity index (χ3n) is 3.32. The van der Waals surface area contributed by atoms with Crippen LogP contribution in [0.15, 0.2) is 30.3 Å². The third-order valence-corrected chi connectivity index (χ3v) is 5.89. The van der Waals surface area contributed by atoms with Gasteiger partial charge < -0.3 is 19.1 Å². The number of ether oxygens (including phenoxy) is 1. The largest absolute Gasteiger partial charge is 0.463 e. The van der Waals surface area contributed by atoms with Crippen LogP contribution in [-0.4, -0.2) is 43.2 Å². The smallest absolute Gasteiger partial charge is 0.434 e. The van der Waals surface area contributed by atoms with Gasteiger partial charge in [-0.3, -0.25) is 9.36 Å². The molecule has 0 fully saturated rings. The van der Waals surface area contributed by atoms with E-state index in [4.69, 9.17) is 9.05 Å². The first-order valence-corrected chi connectivity index (χ1v) is 9.64.